The van der Waals surface area contributed by atoms with Gasteiger partial charge in [-0.1, -0.05) is 22.0 Å². The van der Waals surface area contributed by atoms with Crippen molar-refractivity contribution in [3.05, 3.63) is 45.0 Å². The maximum atomic E-state index is 10.5. The minimum Gasteiger partial charge on any atom is -0.258 e. The molecule has 14 heavy (non-hydrogen) atoms. The summed E-state index contributed by atoms with van der Waals surface area (Å²) in [6, 6.07) is 6.98. The Kier molecular flexibility index (Phi) is 2.17. The normalized spacial score (nSPS) is 10.4. The smallest absolute Gasteiger partial charge is 0.258 e. The maximum absolute atomic E-state index is 10.5. The van der Waals surface area contributed by atoms with Gasteiger partial charge >= 0.3 is 0 Å². The number of pyridine rings is 1. The van der Waals surface area contributed by atoms with Gasteiger partial charge < -0.3 is 0 Å². The van der Waals surface area contributed by atoms with Crippen LogP contribution in [0.1, 0.15) is 0 Å². The van der Waals surface area contributed by atoms with Gasteiger partial charge in [0.1, 0.15) is 6.20 Å². The second-order valence-electron chi connectivity index (χ2n) is 2.76. The predicted molar refractivity (Wildman–Crippen MR) is 56.1 cm³/mol. The van der Waals surface area contributed by atoms with Crippen molar-refractivity contribution in [1.82, 2.24) is 4.98 Å². The molecule has 0 aliphatic carbocycles. The predicted octanol–water partition coefficient (Wildman–Crippen LogP) is 2.91. The Morgan fingerprint density at radius 2 is 2.21 bits per heavy atom. The summed E-state index contributed by atoms with van der Waals surface area (Å²) in [6.45, 7) is 0. The van der Waals surface area contributed by atoms with Crippen LogP contribution in [0.4, 0.5) is 5.69 Å². The Hall–Kier alpha value is -1.49. The molecule has 5 heteroatoms. The van der Waals surface area contributed by atoms with E-state index in [1.807, 2.05) is 18.2 Å². The molecule has 1 heterocycles. The van der Waals surface area contributed by atoms with Crippen LogP contribution in [-0.2, 0) is 0 Å². The third-order valence-electron chi connectivity index (χ3n) is 1.87. The minimum atomic E-state index is -0.453. The molecule has 2 aromatic rings. The first-order valence-electron chi connectivity index (χ1n) is 3.87. The minimum absolute atomic E-state index is 0.00407. The van der Waals surface area contributed by atoms with Crippen LogP contribution in [0.25, 0.3) is 10.9 Å². The first-order chi connectivity index (χ1) is 6.68. The molecule has 2 rings (SSSR count). The van der Waals surface area contributed by atoms with E-state index in [0.29, 0.717) is 0 Å². The lowest BCUT2D eigenvalue weighted by Crippen LogP contribution is -1.89. The van der Waals surface area contributed by atoms with Crippen molar-refractivity contribution in [3.8, 4) is 0 Å². The molecule has 0 aliphatic rings. The van der Waals surface area contributed by atoms with E-state index < -0.39 is 4.92 Å². The van der Waals surface area contributed by atoms with Gasteiger partial charge in [-0.15, -0.1) is 0 Å². The van der Waals surface area contributed by atoms with Crippen molar-refractivity contribution in [2.75, 3.05) is 0 Å². The fourth-order valence-electron chi connectivity index (χ4n) is 1.20. The van der Waals surface area contributed by atoms with Crippen LogP contribution in [0.5, 0.6) is 0 Å². The van der Waals surface area contributed by atoms with Gasteiger partial charge in [-0.2, -0.15) is 0 Å². The summed E-state index contributed by atoms with van der Waals surface area (Å²) in [4.78, 5) is 14.0. The zero-order valence-electron chi connectivity index (χ0n) is 6.98. The van der Waals surface area contributed by atoms with Gasteiger partial charge in [0.05, 0.1) is 10.4 Å². The molecule has 0 unspecified atom stereocenters. The molecule has 0 aliphatic heterocycles. The SMILES string of the molecule is O=[N+]([O-])c1cnc2cccc(Br)c2c1. The van der Waals surface area contributed by atoms with Crippen LogP contribution in [0.15, 0.2) is 34.9 Å². The summed E-state index contributed by atoms with van der Waals surface area (Å²) in [7, 11) is 0. The molecule has 70 valence electrons. The second kappa shape index (κ2) is 3.34. The highest BCUT2D eigenvalue weighted by Crippen LogP contribution is 2.25. The van der Waals surface area contributed by atoms with E-state index in [4.69, 9.17) is 0 Å². The van der Waals surface area contributed by atoms with E-state index >= 15 is 0 Å². The number of nitro groups is 1. The number of fused-ring (bicyclic) bond motifs is 1. The Balaban J connectivity index is 2.76. The first kappa shape index (κ1) is 9.08. The number of rotatable bonds is 1. The zero-order chi connectivity index (χ0) is 10.1. The number of aromatic nitrogens is 1. The largest absolute Gasteiger partial charge is 0.288 e. The summed E-state index contributed by atoms with van der Waals surface area (Å²) in [6.07, 6.45) is 1.26. The highest BCUT2D eigenvalue weighted by atomic mass is 79.9. The van der Waals surface area contributed by atoms with E-state index in [1.54, 1.807) is 0 Å². The average molecular weight is 253 g/mol. The topological polar surface area (TPSA) is 56.0 Å². The maximum Gasteiger partial charge on any atom is 0.288 e. The van der Waals surface area contributed by atoms with Gasteiger partial charge in [-0.3, -0.25) is 10.1 Å². The van der Waals surface area contributed by atoms with Gasteiger partial charge in [-0.05, 0) is 12.1 Å². The molecular weight excluding hydrogens is 248 g/mol. The third-order valence-corrected chi connectivity index (χ3v) is 2.56. The molecule has 4 nitrogen and oxygen atoms in total. The van der Waals surface area contributed by atoms with Crippen molar-refractivity contribution in [2.45, 2.75) is 0 Å². The van der Waals surface area contributed by atoms with Crippen molar-refractivity contribution in [2.24, 2.45) is 0 Å². The average Bonchev–Trinajstić information content (AvgIpc) is 2.18. The van der Waals surface area contributed by atoms with Crippen molar-refractivity contribution in [1.29, 1.82) is 0 Å². The number of benzene rings is 1. The lowest BCUT2D eigenvalue weighted by Gasteiger charge is -1.98. The van der Waals surface area contributed by atoms with Crippen molar-refractivity contribution < 1.29 is 4.92 Å². The Bertz CT molecular complexity index is 513. The highest BCUT2D eigenvalue weighted by molar-refractivity contribution is 9.10. The van der Waals surface area contributed by atoms with Gasteiger partial charge in [-0.25, -0.2) is 4.98 Å². The lowest BCUT2D eigenvalue weighted by atomic mass is 10.2. The standard InChI is InChI=1S/C9H5BrN2O2/c10-8-2-1-3-9-7(8)4-6(5-11-9)12(13)14/h1-5H. The quantitative estimate of drug-likeness (QED) is 0.579. The summed E-state index contributed by atoms with van der Waals surface area (Å²) in [5, 5.41) is 11.3. The molecule has 0 saturated carbocycles. The first-order valence-corrected chi connectivity index (χ1v) is 4.66. The monoisotopic (exact) mass is 252 g/mol. The summed E-state index contributed by atoms with van der Waals surface area (Å²) in [5.41, 5.74) is 0.745. The van der Waals surface area contributed by atoms with Crippen LogP contribution < -0.4 is 0 Å². The molecule has 0 bridgehead atoms. The van der Waals surface area contributed by atoms with Crippen LogP contribution in [0.2, 0.25) is 0 Å². The van der Waals surface area contributed by atoms with E-state index in [1.165, 1.54) is 12.3 Å². The number of hydrogen-bond acceptors (Lipinski definition) is 3. The van der Waals surface area contributed by atoms with E-state index in [2.05, 4.69) is 20.9 Å². The second-order valence-corrected chi connectivity index (χ2v) is 3.61. The van der Waals surface area contributed by atoms with Crippen LogP contribution in [0, 0.1) is 10.1 Å². The number of halogens is 1. The number of nitrogens with zero attached hydrogens (tertiary/aromatic N) is 2. The highest BCUT2D eigenvalue weighted by Gasteiger charge is 2.08. The Morgan fingerprint density at radius 3 is 2.93 bits per heavy atom. The fourth-order valence-corrected chi connectivity index (χ4v) is 1.67. The van der Waals surface area contributed by atoms with E-state index in [9.17, 15) is 10.1 Å². The van der Waals surface area contributed by atoms with Crippen LogP contribution in [-0.4, -0.2) is 9.91 Å². The van der Waals surface area contributed by atoms with E-state index in [-0.39, 0.29) is 5.69 Å². The van der Waals surface area contributed by atoms with E-state index in [0.717, 1.165) is 15.4 Å². The lowest BCUT2D eigenvalue weighted by molar-refractivity contribution is -0.385. The van der Waals surface area contributed by atoms with Crippen molar-refractivity contribution in [3.63, 3.8) is 0 Å². The number of hydrogen-bond donors (Lipinski definition) is 0. The molecule has 0 saturated heterocycles. The molecule has 0 atom stereocenters. The summed E-state index contributed by atoms with van der Waals surface area (Å²) in [5.74, 6) is 0. The molecule has 0 radical (unpaired) electrons. The third kappa shape index (κ3) is 1.46. The molecule has 0 N–H and O–H groups in total. The summed E-state index contributed by atoms with van der Waals surface area (Å²) >= 11 is 3.32. The van der Waals surface area contributed by atoms with Crippen LogP contribution >= 0.6 is 15.9 Å². The Labute approximate surface area is 87.9 Å². The fraction of sp³-hybridized carbons (Fsp3) is 0. The van der Waals surface area contributed by atoms with Crippen LogP contribution in [0.3, 0.4) is 0 Å². The molecule has 1 aromatic carbocycles. The molecule has 0 fully saturated rings. The molecule has 1 aromatic heterocycles. The summed E-state index contributed by atoms with van der Waals surface area (Å²) < 4.78 is 0.811. The van der Waals surface area contributed by atoms with Gasteiger partial charge in [0, 0.05) is 15.9 Å². The van der Waals surface area contributed by atoms with Crippen molar-refractivity contribution >= 4 is 32.5 Å². The van der Waals surface area contributed by atoms with Gasteiger partial charge in [0.15, 0.2) is 0 Å². The molecule has 0 amide bonds. The zero-order valence-corrected chi connectivity index (χ0v) is 8.56. The molecule has 0 spiro atoms. The van der Waals surface area contributed by atoms with Gasteiger partial charge in [0.25, 0.3) is 5.69 Å². The van der Waals surface area contributed by atoms with Gasteiger partial charge in [0.2, 0.25) is 0 Å². The molecular formula is C9H5BrN2O2. The Morgan fingerprint density at radius 1 is 1.43 bits per heavy atom.